The Morgan fingerprint density at radius 2 is 2.11 bits per heavy atom. The van der Waals surface area contributed by atoms with Crippen molar-refractivity contribution in [1.82, 2.24) is 20.7 Å². The molecule has 1 aromatic carbocycles. The molecule has 2 fully saturated rings. The van der Waals surface area contributed by atoms with Crippen molar-refractivity contribution in [3.8, 4) is 0 Å². The molecule has 2 aliphatic heterocycles. The van der Waals surface area contributed by atoms with E-state index in [1.807, 2.05) is 17.0 Å². The summed E-state index contributed by atoms with van der Waals surface area (Å²) in [5, 5.41) is 0. The van der Waals surface area contributed by atoms with Crippen LogP contribution in [0.3, 0.4) is 0 Å². The van der Waals surface area contributed by atoms with Crippen molar-refractivity contribution in [3.63, 3.8) is 0 Å². The van der Waals surface area contributed by atoms with E-state index in [2.05, 4.69) is 53.1 Å². The zero-order valence-corrected chi connectivity index (χ0v) is 16.6. The van der Waals surface area contributed by atoms with Crippen LogP contribution in [0.1, 0.15) is 53.7 Å². The maximum atomic E-state index is 13.1. The van der Waals surface area contributed by atoms with Crippen LogP contribution in [0.4, 0.5) is 0 Å². The summed E-state index contributed by atoms with van der Waals surface area (Å²) in [7, 11) is 0. The highest BCUT2D eigenvalue weighted by Crippen LogP contribution is 2.32. The first-order valence-corrected chi connectivity index (χ1v) is 10.5. The molecule has 5 nitrogen and oxygen atoms in total. The Labute approximate surface area is 167 Å². The summed E-state index contributed by atoms with van der Waals surface area (Å²) in [6.07, 6.45) is 5.94. The second kappa shape index (κ2) is 8.84. The molecule has 0 saturated carbocycles. The second-order valence-electron chi connectivity index (χ2n) is 8.01. The molecule has 0 aliphatic carbocycles. The van der Waals surface area contributed by atoms with Crippen LogP contribution in [0.5, 0.6) is 0 Å². The van der Waals surface area contributed by atoms with Gasteiger partial charge in [0, 0.05) is 49.0 Å². The predicted molar refractivity (Wildman–Crippen MR) is 111 cm³/mol. The Kier molecular flexibility index (Phi) is 6.03. The number of hydrazine groups is 1. The van der Waals surface area contributed by atoms with Crippen LogP contribution < -0.4 is 10.9 Å². The van der Waals surface area contributed by atoms with E-state index in [4.69, 9.17) is 0 Å². The highest BCUT2D eigenvalue weighted by Gasteiger charge is 2.37. The number of carbonyl (C=O) groups excluding carboxylic acids is 1. The molecule has 2 aromatic rings. The number of aryl methyl sites for hydroxylation is 1. The van der Waals surface area contributed by atoms with Crippen LogP contribution in [0.2, 0.25) is 0 Å². The maximum Gasteiger partial charge on any atom is 0.253 e. The normalized spacial score (nSPS) is 25.0. The van der Waals surface area contributed by atoms with E-state index in [0.717, 1.165) is 56.6 Å². The smallest absolute Gasteiger partial charge is 0.253 e. The number of hydrogen-bond acceptors (Lipinski definition) is 4. The third-order valence-electron chi connectivity index (χ3n) is 6.07. The maximum absolute atomic E-state index is 13.1. The van der Waals surface area contributed by atoms with E-state index in [9.17, 15) is 4.79 Å². The molecule has 2 aliphatic rings. The topological polar surface area (TPSA) is 57.3 Å². The lowest BCUT2D eigenvalue weighted by molar-refractivity contribution is 0.0644. The minimum Gasteiger partial charge on any atom is -0.338 e. The quantitative estimate of drug-likeness (QED) is 0.839. The molecule has 0 radical (unpaired) electrons. The summed E-state index contributed by atoms with van der Waals surface area (Å²) in [6, 6.07) is 14.9. The second-order valence-corrected chi connectivity index (χ2v) is 8.01. The van der Waals surface area contributed by atoms with Gasteiger partial charge in [0.25, 0.3) is 5.91 Å². The van der Waals surface area contributed by atoms with Crippen LogP contribution in [0, 0.1) is 5.92 Å². The van der Waals surface area contributed by atoms with Gasteiger partial charge in [-0.05, 0) is 42.9 Å². The fourth-order valence-electron chi connectivity index (χ4n) is 4.66. The van der Waals surface area contributed by atoms with Crippen molar-refractivity contribution in [2.45, 2.75) is 44.6 Å². The third-order valence-corrected chi connectivity index (χ3v) is 6.07. The Hall–Kier alpha value is -2.24. The van der Waals surface area contributed by atoms with Crippen LogP contribution >= 0.6 is 0 Å². The van der Waals surface area contributed by atoms with Gasteiger partial charge in [0.2, 0.25) is 0 Å². The molecule has 0 bridgehead atoms. The molecule has 4 rings (SSSR count). The van der Waals surface area contributed by atoms with Gasteiger partial charge in [0.15, 0.2) is 0 Å². The fourth-order valence-corrected chi connectivity index (χ4v) is 4.66. The minimum atomic E-state index is 0.145. The number of likely N-dealkylation sites (tertiary alicyclic amines) is 1. The number of nitrogens with zero attached hydrogens (tertiary/aromatic N) is 2. The summed E-state index contributed by atoms with van der Waals surface area (Å²) in [4.78, 5) is 19.6. The van der Waals surface area contributed by atoms with E-state index in [1.165, 1.54) is 5.56 Å². The lowest BCUT2D eigenvalue weighted by Gasteiger charge is -2.37. The average molecular weight is 379 g/mol. The number of benzene rings is 1. The molecule has 28 heavy (non-hydrogen) atoms. The van der Waals surface area contributed by atoms with Gasteiger partial charge in [-0.1, -0.05) is 43.7 Å². The highest BCUT2D eigenvalue weighted by molar-refractivity contribution is 5.94. The summed E-state index contributed by atoms with van der Waals surface area (Å²) in [6.45, 7) is 4.73. The van der Waals surface area contributed by atoms with Crippen molar-refractivity contribution in [2.75, 3.05) is 19.6 Å². The molecule has 2 N–H and O–H groups in total. The lowest BCUT2D eigenvalue weighted by Crippen LogP contribution is -2.48. The molecule has 5 heteroatoms. The standard InChI is InChI=1S/C23H30N4O/c1-2-7-20-14-18(11-12-24-20)23(28)27-13-6-10-19(16-27)22-21(15-25-26-22)17-8-4-3-5-9-17/h3-5,8-9,11-12,14,19,21-22,25-26H,2,6-7,10,13,15-16H2,1H3. The SMILES string of the molecule is CCCc1cc(C(=O)N2CCCC(C3NNCC3c3ccccc3)C2)ccn1. The van der Waals surface area contributed by atoms with Gasteiger partial charge in [-0.15, -0.1) is 0 Å². The molecule has 3 unspecified atom stereocenters. The molecular weight excluding hydrogens is 348 g/mol. The molecule has 148 valence electrons. The van der Waals surface area contributed by atoms with Crippen LogP contribution in [0.15, 0.2) is 48.7 Å². The van der Waals surface area contributed by atoms with E-state index in [1.54, 1.807) is 6.20 Å². The third kappa shape index (κ3) is 4.10. The zero-order chi connectivity index (χ0) is 19.3. The zero-order valence-electron chi connectivity index (χ0n) is 16.6. The lowest BCUT2D eigenvalue weighted by atomic mass is 9.81. The number of carbonyl (C=O) groups is 1. The van der Waals surface area contributed by atoms with Gasteiger partial charge in [0.05, 0.1) is 0 Å². The molecule has 3 atom stereocenters. The molecule has 1 amide bonds. The van der Waals surface area contributed by atoms with Gasteiger partial charge in [-0.25, -0.2) is 0 Å². The van der Waals surface area contributed by atoms with E-state index in [-0.39, 0.29) is 5.91 Å². The van der Waals surface area contributed by atoms with Crippen molar-refractivity contribution in [2.24, 2.45) is 5.92 Å². The van der Waals surface area contributed by atoms with E-state index >= 15 is 0 Å². The first-order chi connectivity index (χ1) is 13.8. The number of nitrogens with one attached hydrogen (secondary N) is 2. The number of pyridine rings is 1. The summed E-state index contributed by atoms with van der Waals surface area (Å²) < 4.78 is 0. The van der Waals surface area contributed by atoms with Gasteiger partial charge in [0.1, 0.15) is 0 Å². The number of hydrogen-bond donors (Lipinski definition) is 2. The van der Waals surface area contributed by atoms with Crippen molar-refractivity contribution in [3.05, 3.63) is 65.5 Å². The highest BCUT2D eigenvalue weighted by atomic mass is 16.2. The van der Waals surface area contributed by atoms with Crippen LogP contribution in [0.25, 0.3) is 0 Å². The van der Waals surface area contributed by atoms with Crippen molar-refractivity contribution in [1.29, 1.82) is 0 Å². The summed E-state index contributed by atoms with van der Waals surface area (Å²) in [5.74, 6) is 1.04. The largest absolute Gasteiger partial charge is 0.338 e. The number of piperidine rings is 1. The predicted octanol–water partition coefficient (Wildman–Crippen LogP) is 3.15. The van der Waals surface area contributed by atoms with Crippen molar-refractivity contribution >= 4 is 5.91 Å². The van der Waals surface area contributed by atoms with Gasteiger partial charge < -0.3 is 4.90 Å². The van der Waals surface area contributed by atoms with E-state index < -0.39 is 0 Å². The molecule has 2 saturated heterocycles. The molecular formula is C23H30N4O. The average Bonchev–Trinajstić information content (AvgIpc) is 3.24. The molecule has 1 aromatic heterocycles. The van der Waals surface area contributed by atoms with Crippen molar-refractivity contribution < 1.29 is 4.79 Å². The number of rotatable bonds is 5. The Bertz CT molecular complexity index is 794. The monoisotopic (exact) mass is 378 g/mol. The Morgan fingerprint density at radius 3 is 2.93 bits per heavy atom. The minimum absolute atomic E-state index is 0.145. The summed E-state index contributed by atoms with van der Waals surface area (Å²) in [5.41, 5.74) is 10.0. The van der Waals surface area contributed by atoms with Crippen LogP contribution in [-0.2, 0) is 6.42 Å². The van der Waals surface area contributed by atoms with Crippen LogP contribution in [-0.4, -0.2) is 41.5 Å². The Morgan fingerprint density at radius 1 is 1.25 bits per heavy atom. The van der Waals surface area contributed by atoms with Gasteiger partial charge >= 0.3 is 0 Å². The first-order valence-electron chi connectivity index (χ1n) is 10.5. The fraction of sp³-hybridized carbons (Fsp3) is 0.478. The van der Waals surface area contributed by atoms with Gasteiger partial charge in [-0.2, -0.15) is 0 Å². The summed E-state index contributed by atoms with van der Waals surface area (Å²) >= 11 is 0. The first kappa shape index (κ1) is 19.1. The molecule has 0 spiro atoms. The number of aromatic nitrogens is 1. The number of amides is 1. The van der Waals surface area contributed by atoms with E-state index in [0.29, 0.717) is 17.9 Å². The van der Waals surface area contributed by atoms with Gasteiger partial charge in [-0.3, -0.25) is 20.6 Å². The molecule has 3 heterocycles. The Balaban J connectivity index is 1.47.